The van der Waals surface area contributed by atoms with Crippen molar-refractivity contribution >= 4 is 20.4 Å². The van der Waals surface area contributed by atoms with Crippen molar-refractivity contribution in [3.63, 3.8) is 0 Å². The zero-order chi connectivity index (χ0) is 15.9. The van der Waals surface area contributed by atoms with Crippen LogP contribution < -0.4 is 0 Å². The van der Waals surface area contributed by atoms with Crippen LogP contribution in [0.15, 0.2) is 0 Å². The number of aliphatic carboxylic acids is 1. The second-order valence-corrected chi connectivity index (χ2v) is 11.8. The summed E-state index contributed by atoms with van der Waals surface area (Å²) in [6.45, 7) is 11.9. The molecule has 20 heavy (non-hydrogen) atoms. The van der Waals surface area contributed by atoms with E-state index in [1.54, 1.807) is 0 Å². The third-order valence-electron chi connectivity index (χ3n) is 4.71. The summed E-state index contributed by atoms with van der Waals surface area (Å²) in [6.07, 6.45) is -1.39. The monoisotopic (exact) mass is 303 g/mol. The van der Waals surface area contributed by atoms with Crippen molar-refractivity contribution in [1.82, 2.24) is 4.90 Å². The Morgan fingerprint density at radius 1 is 1.30 bits per heavy atom. The molecule has 1 saturated heterocycles. The Hall–Kier alpha value is -1.08. The smallest absolute Gasteiger partial charge is 0.408 e. The van der Waals surface area contributed by atoms with Crippen LogP contribution in [0, 0.1) is 0 Å². The molecule has 7 heteroatoms. The van der Waals surface area contributed by atoms with Gasteiger partial charge < -0.3 is 14.6 Å². The molecule has 1 fully saturated rings. The van der Waals surface area contributed by atoms with Gasteiger partial charge in [-0.2, -0.15) is 0 Å². The van der Waals surface area contributed by atoms with E-state index in [0.717, 1.165) is 4.90 Å². The SMILES string of the molecule is CC(C)(C)[Si](C)(C)O[C@H]1CCN(C(=O)O)[C@@]1(C)C(=O)O. The zero-order valence-electron chi connectivity index (χ0n) is 13.1. The molecule has 0 saturated carbocycles. The molecule has 1 aliphatic rings. The van der Waals surface area contributed by atoms with Crippen LogP contribution in [0.25, 0.3) is 0 Å². The summed E-state index contributed by atoms with van der Waals surface area (Å²) in [5.41, 5.74) is -1.51. The number of hydrogen-bond donors (Lipinski definition) is 2. The van der Waals surface area contributed by atoms with E-state index in [1.807, 2.05) is 13.1 Å². The fourth-order valence-electron chi connectivity index (χ4n) is 2.19. The van der Waals surface area contributed by atoms with Crippen LogP contribution in [0.5, 0.6) is 0 Å². The lowest BCUT2D eigenvalue weighted by Gasteiger charge is -2.42. The summed E-state index contributed by atoms with van der Waals surface area (Å²) in [5, 5.41) is 18.6. The third-order valence-corrected chi connectivity index (χ3v) is 9.20. The fraction of sp³-hybridized carbons (Fsp3) is 0.846. The van der Waals surface area contributed by atoms with Crippen LogP contribution >= 0.6 is 0 Å². The van der Waals surface area contributed by atoms with Crippen molar-refractivity contribution in [2.24, 2.45) is 0 Å². The minimum Gasteiger partial charge on any atom is -0.479 e. The topological polar surface area (TPSA) is 87.1 Å². The summed E-state index contributed by atoms with van der Waals surface area (Å²) < 4.78 is 6.17. The maximum Gasteiger partial charge on any atom is 0.408 e. The number of amides is 1. The van der Waals surface area contributed by atoms with Gasteiger partial charge in [0.2, 0.25) is 0 Å². The van der Waals surface area contributed by atoms with Crippen LogP contribution in [0.3, 0.4) is 0 Å². The number of carboxylic acid groups (broad SMARTS) is 2. The van der Waals surface area contributed by atoms with Crippen LogP contribution in [0.1, 0.15) is 34.1 Å². The third kappa shape index (κ3) is 2.69. The number of rotatable bonds is 3. The van der Waals surface area contributed by atoms with Crippen LogP contribution in [-0.4, -0.2) is 53.7 Å². The Bertz CT molecular complexity index is 417. The maximum atomic E-state index is 11.6. The van der Waals surface area contributed by atoms with Crippen molar-refractivity contribution in [3.8, 4) is 0 Å². The predicted molar refractivity (Wildman–Crippen MR) is 77.5 cm³/mol. The van der Waals surface area contributed by atoms with E-state index in [-0.39, 0.29) is 11.6 Å². The Morgan fingerprint density at radius 3 is 2.15 bits per heavy atom. The first kappa shape index (κ1) is 17.0. The van der Waals surface area contributed by atoms with Crippen molar-refractivity contribution < 1.29 is 24.2 Å². The van der Waals surface area contributed by atoms with Crippen molar-refractivity contribution in [2.45, 2.75) is 63.9 Å². The Morgan fingerprint density at radius 2 is 1.80 bits per heavy atom. The number of carbonyl (C=O) groups is 2. The van der Waals surface area contributed by atoms with Gasteiger partial charge in [-0.25, -0.2) is 9.59 Å². The molecule has 0 unspecified atom stereocenters. The summed E-state index contributed by atoms with van der Waals surface area (Å²) in [7, 11) is -2.15. The normalized spacial score (nSPS) is 27.7. The van der Waals surface area contributed by atoms with Crippen LogP contribution in [0.4, 0.5) is 4.79 Å². The average molecular weight is 303 g/mol. The summed E-state index contributed by atoms with van der Waals surface area (Å²) >= 11 is 0. The molecule has 1 heterocycles. The molecule has 2 atom stereocenters. The molecule has 0 radical (unpaired) electrons. The minimum absolute atomic E-state index is 0.0525. The first-order chi connectivity index (χ1) is 8.84. The summed E-state index contributed by atoms with van der Waals surface area (Å²) in [5.74, 6) is -1.15. The molecule has 0 bridgehead atoms. The Balaban J connectivity index is 3.08. The van der Waals surface area contributed by atoms with Gasteiger partial charge in [0.1, 0.15) is 0 Å². The van der Waals surface area contributed by atoms with Crippen molar-refractivity contribution in [2.75, 3.05) is 6.54 Å². The van der Waals surface area contributed by atoms with Crippen molar-refractivity contribution in [1.29, 1.82) is 0 Å². The Kier molecular flexibility index (Phi) is 4.27. The number of hydrogen-bond acceptors (Lipinski definition) is 3. The van der Waals surface area contributed by atoms with Gasteiger partial charge in [0, 0.05) is 6.54 Å². The van der Waals surface area contributed by atoms with Crippen molar-refractivity contribution in [3.05, 3.63) is 0 Å². The molecule has 0 spiro atoms. The second-order valence-electron chi connectivity index (χ2n) is 7.04. The molecular formula is C13H25NO5Si. The van der Waals surface area contributed by atoms with Gasteiger partial charge in [0.25, 0.3) is 0 Å². The average Bonchev–Trinajstić information content (AvgIpc) is 2.55. The van der Waals surface area contributed by atoms with Gasteiger partial charge in [-0.1, -0.05) is 20.8 Å². The van der Waals surface area contributed by atoms with E-state index < -0.39 is 32.0 Å². The molecule has 0 aromatic heterocycles. The summed E-state index contributed by atoms with van der Waals surface area (Å²) in [4.78, 5) is 23.8. The van der Waals surface area contributed by atoms with Gasteiger partial charge in [-0.05, 0) is 31.5 Å². The highest BCUT2D eigenvalue weighted by molar-refractivity contribution is 6.74. The standard InChI is InChI=1S/C13H25NO5Si/c1-12(2,3)20(5,6)19-9-7-8-14(11(17)18)13(9,4)10(15)16/h9H,7-8H2,1-6H3,(H,15,16)(H,17,18)/t9-,13+/m0/s1. The molecule has 0 aliphatic carbocycles. The molecule has 0 aromatic carbocycles. The molecule has 1 amide bonds. The predicted octanol–water partition coefficient (Wildman–Crippen LogP) is 2.60. The first-order valence-corrected chi connectivity index (χ1v) is 9.66. The largest absolute Gasteiger partial charge is 0.479 e. The molecular weight excluding hydrogens is 278 g/mol. The molecule has 1 rings (SSSR count). The highest BCUT2D eigenvalue weighted by Crippen LogP contribution is 2.41. The minimum atomic E-state index is -2.15. The van der Waals surface area contributed by atoms with Crippen LogP contribution in [0.2, 0.25) is 18.1 Å². The maximum absolute atomic E-state index is 11.6. The lowest BCUT2D eigenvalue weighted by molar-refractivity contribution is -0.151. The highest BCUT2D eigenvalue weighted by atomic mass is 28.4. The number of nitrogens with zero attached hydrogens (tertiary/aromatic N) is 1. The fourth-order valence-corrected chi connectivity index (χ4v) is 3.60. The van der Waals surface area contributed by atoms with Gasteiger partial charge in [-0.15, -0.1) is 0 Å². The van der Waals surface area contributed by atoms with E-state index in [9.17, 15) is 19.8 Å². The molecule has 1 aliphatic heterocycles. The quantitative estimate of drug-likeness (QED) is 0.783. The summed E-state index contributed by atoms with van der Waals surface area (Å²) in [6, 6.07) is 0. The molecule has 0 aromatic rings. The van der Waals surface area contributed by atoms with Gasteiger partial charge in [0.15, 0.2) is 13.9 Å². The van der Waals surface area contributed by atoms with E-state index in [4.69, 9.17) is 4.43 Å². The van der Waals surface area contributed by atoms with Crippen LogP contribution in [-0.2, 0) is 9.22 Å². The lowest BCUT2D eigenvalue weighted by atomic mass is 9.96. The Labute approximate surface area is 120 Å². The number of carboxylic acids is 1. The lowest BCUT2D eigenvalue weighted by Crippen LogP contribution is -2.59. The van der Waals surface area contributed by atoms with Gasteiger partial charge in [-0.3, -0.25) is 4.90 Å². The van der Waals surface area contributed by atoms with Gasteiger partial charge in [0.05, 0.1) is 6.10 Å². The van der Waals surface area contributed by atoms with E-state index in [0.29, 0.717) is 6.42 Å². The second kappa shape index (κ2) is 5.03. The van der Waals surface area contributed by atoms with E-state index >= 15 is 0 Å². The molecule has 6 nitrogen and oxygen atoms in total. The van der Waals surface area contributed by atoms with Gasteiger partial charge >= 0.3 is 12.1 Å². The molecule has 2 N–H and O–H groups in total. The zero-order valence-corrected chi connectivity index (χ0v) is 14.1. The van der Waals surface area contributed by atoms with E-state index in [1.165, 1.54) is 6.92 Å². The number of likely N-dealkylation sites (tertiary alicyclic amines) is 1. The van der Waals surface area contributed by atoms with E-state index in [2.05, 4.69) is 20.8 Å². The highest BCUT2D eigenvalue weighted by Gasteiger charge is 2.56. The molecule has 116 valence electrons. The first-order valence-electron chi connectivity index (χ1n) is 6.76.